The summed E-state index contributed by atoms with van der Waals surface area (Å²) in [7, 11) is 1.27. The first-order valence-electron chi connectivity index (χ1n) is 3.32. The molecule has 0 radical (unpaired) electrons. The van der Waals surface area contributed by atoms with E-state index in [1.807, 2.05) is 5.48 Å². The minimum atomic E-state index is -0.529. The topological polar surface area (TPSA) is 71.7 Å². The lowest BCUT2D eigenvalue weighted by atomic mass is 10.4. The molecule has 2 N–H and O–H groups in total. The molecule has 0 aliphatic carbocycles. The first-order chi connectivity index (χ1) is 5.77. The van der Waals surface area contributed by atoms with Crippen LogP contribution in [0.15, 0.2) is 16.5 Å². The lowest BCUT2D eigenvalue weighted by Crippen LogP contribution is -2.05. The van der Waals surface area contributed by atoms with Crippen molar-refractivity contribution in [2.75, 3.05) is 7.11 Å². The first-order valence-corrected chi connectivity index (χ1v) is 3.32. The summed E-state index contributed by atoms with van der Waals surface area (Å²) in [6.45, 7) is 0.164. The van der Waals surface area contributed by atoms with Gasteiger partial charge >= 0.3 is 5.97 Å². The number of carbonyl (C=O) groups is 1. The van der Waals surface area contributed by atoms with E-state index in [-0.39, 0.29) is 12.3 Å². The van der Waals surface area contributed by atoms with Crippen LogP contribution in [0.4, 0.5) is 0 Å². The second-order valence-corrected chi connectivity index (χ2v) is 2.09. The number of nitrogens with one attached hydrogen (secondary N) is 1. The van der Waals surface area contributed by atoms with Crippen molar-refractivity contribution in [2.45, 2.75) is 6.54 Å². The van der Waals surface area contributed by atoms with Gasteiger partial charge in [-0.15, -0.1) is 0 Å². The maximum Gasteiger partial charge on any atom is 0.373 e. The van der Waals surface area contributed by atoms with Gasteiger partial charge in [0.2, 0.25) is 5.76 Å². The van der Waals surface area contributed by atoms with E-state index in [1.165, 1.54) is 13.2 Å². The Labute approximate surface area is 68.9 Å². The molecule has 0 unspecified atom stereocenters. The molecule has 1 aromatic rings. The Balaban J connectivity index is 2.70. The molecule has 1 aromatic heterocycles. The van der Waals surface area contributed by atoms with Crippen molar-refractivity contribution in [3.63, 3.8) is 0 Å². The lowest BCUT2D eigenvalue weighted by molar-refractivity contribution is 0.0560. The Morgan fingerprint density at radius 2 is 2.50 bits per heavy atom. The molecule has 0 spiro atoms. The van der Waals surface area contributed by atoms with Crippen LogP contribution < -0.4 is 5.48 Å². The normalized spacial score (nSPS) is 9.83. The van der Waals surface area contributed by atoms with E-state index in [4.69, 9.17) is 9.62 Å². The van der Waals surface area contributed by atoms with E-state index in [1.54, 1.807) is 6.07 Å². The highest BCUT2D eigenvalue weighted by atomic mass is 16.5. The summed E-state index contributed by atoms with van der Waals surface area (Å²) in [5.74, 6) is 0.0693. The van der Waals surface area contributed by atoms with Crippen molar-refractivity contribution in [1.29, 1.82) is 0 Å². The van der Waals surface area contributed by atoms with E-state index in [0.717, 1.165) is 0 Å². The fraction of sp³-hybridized carbons (Fsp3) is 0.286. The van der Waals surface area contributed by atoms with Gasteiger partial charge in [-0.25, -0.2) is 4.79 Å². The molecule has 0 saturated carbocycles. The van der Waals surface area contributed by atoms with Crippen molar-refractivity contribution < 1.29 is 19.2 Å². The SMILES string of the molecule is COC(=O)c1ccc(CNO)o1. The van der Waals surface area contributed by atoms with Crippen LogP contribution in [0.25, 0.3) is 0 Å². The highest BCUT2D eigenvalue weighted by Gasteiger charge is 2.09. The number of hydrogen-bond donors (Lipinski definition) is 2. The van der Waals surface area contributed by atoms with Gasteiger partial charge in [0.05, 0.1) is 13.7 Å². The molecule has 5 heteroatoms. The largest absolute Gasteiger partial charge is 0.463 e. The number of rotatable bonds is 3. The first kappa shape index (κ1) is 8.76. The quantitative estimate of drug-likeness (QED) is 0.513. The van der Waals surface area contributed by atoms with Crippen LogP contribution in [0.2, 0.25) is 0 Å². The third-order valence-corrected chi connectivity index (χ3v) is 1.30. The maximum absolute atomic E-state index is 10.8. The number of ether oxygens (including phenoxy) is 1. The summed E-state index contributed by atoms with van der Waals surface area (Å²) in [4.78, 5) is 10.8. The summed E-state index contributed by atoms with van der Waals surface area (Å²) in [6.07, 6.45) is 0. The molecule has 0 aliphatic rings. The highest BCUT2D eigenvalue weighted by molar-refractivity contribution is 5.86. The van der Waals surface area contributed by atoms with Crippen molar-refractivity contribution in [3.05, 3.63) is 23.7 Å². The maximum atomic E-state index is 10.8. The van der Waals surface area contributed by atoms with Gasteiger partial charge in [0.1, 0.15) is 5.76 Å². The highest BCUT2D eigenvalue weighted by Crippen LogP contribution is 2.08. The summed E-state index contributed by atoms with van der Waals surface area (Å²) >= 11 is 0. The Bertz CT molecular complexity index is 268. The predicted molar refractivity (Wildman–Crippen MR) is 38.7 cm³/mol. The van der Waals surface area contributed by atoms with Crippen LogP contribution in [-0.4, -0.2) is 18.3 Å². The van der Waals surface area contributed by atoms with E-state index in [9.17, 15) is 4.79 Å². The molecule has 12 heavy (non-hydrogen) atoms. The van der Waals surface area contributed by atoms with Crippen LogP contribution in [0, 0.1) is 0 Å². The summed E-state index contributed by atoms with van der Waals surface area (Å²) < 4.78 is 9.39. The summed E-state index contributed by atoms with van der Waals surface area (Å²) in [5.41, 5.74) is 1.91. The van der Waals surface area contributed by atoms with Crippen molar-refractivity contribution in [3.8, 4) is 0 Å². The third-order valence-electron chi connectivity index (χ3n) is 1.30. The monoisotopic (exact) mass is 171 g/mol. The van der Waals surface area contributed by atoms with E-state index in [2.05, 4.69) is 4.74 Å². The van der Waals surface area contributed by atoms with Crippen LogP contribution in [0.3, 0.4) is 0 Å². The average Bonchev–Trinajstić information content (AvgIpc) is 2.52. The number of esters is 1. The predicted octanol–water partition coefficient (Wildman–Crippen LogP) is 0.545. The minimum absolute atomic E-state index is 0.128. The molecule has 66 valence electrons. The fourth-order valence-electron chi connectivity index (χ4n) is 0.761. The zero-order valence-electron chi connectivity index (χ0n) is 6.53. The Hall–Kier alpha value is -1.33. The van der Waals surface area contributed by atoms with Gasteiger partial charge in [-0.1, -0.05) is 0 Å². The van der Waals surface area contributed by atoms with Gasteiger partial charge in [0.15, 0.2) is 0 Å². The van der Waals surface area contributed by atoms with Crippen LogP contribution in [0.5, 0.6) is 0 Å². The van der Waals surface area contributed by atoms with Crippen LogP contribution >= 0.6 is 0 Å². The van der Waals surface area contributed by atoms with Crippen LogP contribution in [0.1, 0.15) is 16.3 Å². The van der Waals surface area contributed by atoms with Gasteiger partial charge in [-0.3, -0.25) is 0 Å². The Morgan fingerprint density at radius 3 is 3.08 bits per heavy atom. The van der Waals surface area contributed by atoms with Crippen molar-refractivity contribution in [2.24, 2.45) is 0 Å². The molecule has 0 saturated heterocycles. The second-order valence-electron chi connectivity index (χ2n) is 2.09. The summed E-state index contributed by atoms with van der Waals surface area (Å²) in [6, 6.07) is 3.06. The number of carbonyl (C=O) groups excluding carboxylic acids is 1. The molecule has 1 heterocycles. The zero-order chi connectivity index (χ0) is 8.97. The van der Waals surface area contributed by atoms with E-state index < -0.39 is 5.97 Å². The molecule has 0 fully saturated rings. The molecular formula is C7H9NO4. The number of methoxy groups -OCH3 is 1. The third kappa shape index (κ3) is 1.84. The van der Waals surface area contributed by atoms with Gasteiger partial charge < -0.3 is 14.4 Å². The van der Waals surface area contributed by atoms with Crippen molar-refractivity contribution >= 4 is 5.97 Å². The van der Waals surface area contributed by atoms with E-state index >= 15 is 0 Å². The van der Waals surface area contributed by atoms with Gasteiger partial charge in [-0.2, -0.15) is 5.48 Å². The zero-order valence-corrected chi connectivity index (χ0v) is 6.53. The molecule has 0 aliphatic heterocycles. The van der Waals surface area contributed by atoms with Gasteiger partial charge in [0.25, 0.3) is 0 Å². The Kier molecular flexibility index (Phi) is 2.84. The average molecular weight is 171 g/mol. The number of hydroxylamine groups is 1. The fourth-order valence-corrected chi connectivity index (χ4v) is 0.761. The molecule has 0 atom stereocenters. The molecule has 5 nitrogen and oxygen atoms in total. The standard InChI is InChI=1S/C7H9NO4/c1-11-7(9)6-3-2-5(12-6)4-8-10/h2-3,8,10H,4H2,1H3. The minimum Gasteiger partial charge on any atom is -0.463 e. The number of hydrogen-bond acceptors (Lipinski definition) is 5. The Morgan fingerprint density at radius 1 is 1.75 bits per heavy atom. The lowest BCUT2D eigenvalue weighted by Gasteiger charge is -1.93. The molecule has 0 aromatic carbocycles. The van der Waals surface area contributed by atoms with Gasteiger partial charge in [0, 0.05) is 0 Å². The molecule has 0 bridgehead atoms. The second kappa shape index (κ2) is 3.89. The molecule has 1 rings (SSSR count). The van der Waals surface area contributed by atoms with Crippen molar-refractivity contribution in [1.82, 2.24) is 5.48 Å². The smallest absolute Gasteiger partial charge is 0.373 e. The van der Waals surface area contributed by atoms with Gasteiger partial charge in [-0.05, 0) is 12.1 Å². The molecular weight excluding hydrogens is 162 g/mol. The number of furan rings is 1. The summed E-state index contributed by atoms with van der Waals surface area (Å²) in [5, 5.41) is 8.30. The molecule has 0 amide bonds. The van der Waals surface area contributed by atoms with Crippen LogP contribution in [-0.2, 0) is 11.3 Å². The van der Waals surface area contributed by atoms with E-state index in [0.29, 0.717) is 5.76 Å².